The van der Waals surface area contributed by atoms with Crippen LogP contribution >= 0.6 is 11.3 Å². The molecule has 1 aromatic heterocycles. The molecule has 0 amide bonds. The smallest absolute Gasteiger partial charge is 0.168 e. The number of hydrogen-bond acceptors (Lipinski definition) is 5. The number of aliphatic hydroxyl groups is 1. The SMILES string of the molecule is Cc1cc2c(s1)CCC(CN[C@H]1C[C@H](Oc3ccccc3)[C@H]1O)C2=O. The second-order valence-electron chi connectivity index (χ2n) is 7.00. The number of Topliss-reactive ketones (excluding diaryl/α,β-unsaturated/α-hetero) is 1. The molecule has 1 unspecified atom stereocenters. The molecule has 4 atom stereocenters. The first-order valence-electron chi connectivity index (χ1n) is 8.88. The number of benzene rings is 1. The lowest BCUT2D eigenvalue weighted by Crippen LogP contribution is -2.61. The van der Waals surface area contributed by atoms with Gasteiger partial charge in [0.1, 0.15) is 18.0 Å². The lowest BCUT2D eigenvalue weighted by Gasteiger charge is -2.42. The van der Waals surface area contributed by atoms with Crippen LogP contribution in [0.25, 0.3) is 0 Å². The number of ketones is 1. The summed E-state index contributed by atoms with van der Waals surface area (Å²) in [6, 6.07) is 11.6. The van der Waals surface area contributed by atoms with E-state index in [9.17, 15) is 9.90 Å². The summed E-state index contributed by atoms with van der Waals surface area (Å²) in [4.78, 5) is 15.1. The maximum Gasteiger partial charge on any atom is 0.168 e. The molecule has 1 saturated carbocycles. The fourth-order valence-corrected chi connectivity index (χ4v) is 4.74. The molecule has 0 radical (unpaired) electrons. The van der Waals surface area contributed by atoms with Crippen LogP contribution in [0.15, 0.2) is 36.4 Å². The van der Waals surface area contributed by atoms with Crippen molar-refractivity contribution in [2.24, 2.45) is 5.92 Å². The van der Waals surface area contributed by atoms with Gasteiger partial charge in [-0.05, 0) is 38.0 Å². The van der Waals surface area contributed by atoms with Gasteiger partial charge in [0, 0.05) is 40.2 Å². The van der Waals surface area contributed by atoms with E-state index in [1.54, 1.807) is 11.3 Å². The van der Waals surface area contributed by atoms with Gasteiger partial charge in [0.25, 0.3) is 0 Å². The predicted molar refractivity (Wildman–Crippen MR) is 98.5 cm³/mol. The average molecular weight is 357 g/mol. The van der Waals surface area contributed by atoms with Gasteiger partial charge < -0.3 is 15.2 Å². The van der Waals surface area contributed by atoms with Gasteiger partial charge >= 0.3 is 0 Å². The Hall–Kier alpha value is -1.69. The van der Waals surface area contributed by atoms with Crippen LogP contribution in [0, 0.1) is 12.8 Å². The lowest BCUT2D eigenvalue weighted by molar-refractivity contribution is -0.0661. The average Bonchev–Trinajstić information content (AvgIpc) is 3.01. The summed E-state index contributed by atoms with van der Waals surface area (Å²) in [6.07, 6.45) is 1.94. The van der Waals surface area contributed by atoms with Gasteiger partial charge in [-0.25, -0.2) is 0 Å². The summed E-state index contributed by atoms with van der Waals surface area (Å²) in [6.45, 7) is 2.69. The molecule has 0 spiro atoms. The second-order valence-corrected chi connectivity index (χ2v) is 8.35. The Morgan fingerprint density at radius 3 is 2.88 bits per heavy atom. The summed E-state index contributed by atoms with van der Waals surface area (Å²) in [5, 5.41) is 13.7. The first-order valence-corrected chi connectivity index (χ1v) is 9.70. The van der Waals surface area contributed by atoms with Crippen LogP contribution in [0.4, 0.5) is 0 Å². The molecule has 5 heteroatoms. The van der Waals surface area contributed by atoms with Crippen molar-refractivity contribution >= 4 is 17.1 Å². The van der Waals surface area contributed by atoms with Crippen molar-refractivity contribution in [3.05, 3.63) is 51.7 Å². The van der Waals surface area contributed by atoms with Gasteiger partial charge in [-0.3, -0.25) is 4.79 Å². The largest absolute Gasteiger partial charge is 0.488 e. The highest BCUT2D eigenvalue weighted by molar-refractivity contribution is 7.12. The number of fused-ring (bicyclic) bond motifs is 1. The summed E-state index contributed by atoms with van der Waals surface area (Å²) >= 11 is 1.74. The number of para-hydroxylation sites is 1. The minimum Gasteiger partial charge on any atom is -0.488 e. The predicted octanol–water partition coefficient (Wildman–Crippen LogP) is 2.97. The maximum atomic E-state index is 12.6. The van der Waals surface area contributed by atoms with Crippen molar-refractivity contribution in [1.29, 1.82) is 0 Å². The molecule has 0 bridgehead atoms. The first-order chi connectivity index (χ1) is 12.1. The van der Waals surface area contributed by atoms with E-state index < -0.39 is 6.10 Å². The Bertz CT molecular complexity index is 758. The van der Waals surface area contributed by atoms with Crippen molar-refractivity contribution in [3.63, 3.8) is 0 Å². The van der Waals surface area contributed by atoms with Crippen LogP contribution in [0.2, 0.25) is 0 Å². The number of hydrogen-bond donors (Lipinski definition) is 2. The molecule has 2 aliphatic carbocycles. The molecular weight excluding hydrogens is 334 g/mol. The number of thiophene rings is 1. The number of rotatable bonds is 5. The summed E-state index contributed by atoms with van der Waals surface area (Å²) in [5.41, 5.74) is 0.917. The molecule has 132 valence electrons. The minimum absolute atomic E-state index is 0.00659. The fourth-order valence-electron chi connectivity index (χ4n) is 3.69. The van der Waals surface area contributed by atoms with Crippen molar-refractivity contribution in [1.82, 2.24) is 5.32 Å². The fraction of sp³-hybridized carbons (Fsp3) is 0.450. The number of nitrogens with one attached hydrogen (secondary N) is 1. The highest BCUT2D eigenvalue weighted by Gasteiger charge is 2.42. The summed E-state index contributed by atoms with van der Waals surface area (Å²) < 4.78 is 5.80. The van der Waals surface area contributed by atoms with Gasteiger partial charge in [0.2, 0.25) is 0 Å². The Labute approximate surface area is 151 Å². The molecular formula is C20H23NO3S. The molecule has 4 rings (SSSR count). The van der Waals surface area contributed by atoms with Crippen molar-refractivity contribution in [2.75, 3.05) is 6.54 Å². The lowest BCUT2D eigenvalue weighted by atomic mass is 9.83. The van der Waals surface area contributed by atoms with E-state index >= 15 is 0 Å². The summed E-state index contributed by atoms with van der Waals surface area (Å²) in [7, 11) is 0. The Morgan fingerprint density at radius 2 is 2.12 bits per heavy atom. The maximum absolute atomic E-state index is 12.6. The van der Waals surface area contributed by atoms with E-state index in [0.29, 0.717) is 6.54 Å². The Morgan fingerprint density at radius 1 is 1.32 bits per heavy atom. The zero-order valence-corrected chi connectivity index (χ0v) is 15.1. The number of ether oxygens (including phenoxy) is 1. The Balaban J connectivity index is 1.28. The van der Waals surface area contributed by atoms with Gasteiger partial charge in [-0.2, -0.15) is 0 Å². The molecule has 1 aromatic carbocycles. The van der Waals surface area contributed by atoms with E-state index in [2.05, 4.69) is 12.2 Å². The molecule has 1 heterocycles. The Kier molecular flexibility index (Phi) is 4.63. The van der Waals surface area contributed by atoms with E-state index in [0.717, 1.165) is 30.6 Å². The van der Waals surface area contributed by atoms with Gasteiger partial charge in [0.05, 0.1) is 0 Å². The van der Waals surface area contributed by atoms with Gasteiger partial charge in [-0.1, -0.05) is 18.2 Å². The van der Waals surface area contributed by atoms with Crippen LogP contribution in [0.1, 0.15) is 33.0 Å². The standard InChI is InChI=1S/C20H23NO3S/c1-12-9-15-18(25-12)8-7-13(19(15)22)11-21-16-10-17(20(16)23)24-14-5-3-2-4-6-14/h2-6,9,13,16-17,20-21,23H,7-8,10-11H2,1H3/t13?,16-,17-,20-/m0/s1. The second kappa shape index (κ2) is 6.90. The highest BCUT2D eigenvalue weighted by atomic mass is 32.1. The van der Waals surface area contributed by atoms with Gasteiger partial charge in [-0.15, -0.1) is 11.3 Å². The summed E-state index contributed by atoms with van der Waals surface area (Å²) in [5.74, 6) is 1.06. The monoisotopic (exact) mass is 357 g/mol. The topological polar surface area (TPSA) is 58.6 Å². The third kappa shape index (κ3) is 3.36. The molecule has 2 aliphatic rings. The van der Waals surface area contributed by atoms with Crippen LogP contribution in [0.5, 0.6) is 5.75 Å². The third-order valence-electron chi connectivity index (χ3n) is 5.22. The van der Waals surface area contributed by atoms with Crippen molar-refractivity contribution in [2.45, 2.75) is 44.4 Å². The molecule has 2 N–H and O–H groups in total. The zero-order valence-electron chi connectivity index (χ0n) is 14.3. The molecule has 0 aliphatic heterocycles. The number of carbonyl (C=O) groups excluding carboxylic acids is 1. The van der Waals surface area contributed by atoms with E-state index in [4.69, 9.17) is 4.74 Å². The number of carbonyl (C=O) groups is 1. The molecule has 2 aromatic rings. The van der Waals surface area contributed by atoms with E-state index in [1.165, 1.54) is 9.75 Å². The molecule has 1 fully saturated rings. The number of aliphatic hydroxyl groups excluding tert-OH is 1. The molecule has 0 saturated heterocycles. The van der Waals surface area contributed by atoms with Crippen LogP contribution < -0.4 is 10.1 Å². The molecule has 25 heavy (non-hydrogen) atoms. The normalized spacial score (nSPS) is 28.3. The van der Waals surface area contributed by atoms with Gasteiger partial charge in [0.15, 0.2) is 5.78 Å². The zero-order chi connectivity index (χ0) is 17.4. The first kappa shape index (κ1) is 16.8. The van der Waals surface area contributed by atoms with Crippen LogP contribution in [0.3, 0.4) is 0 Å². The van der Waals surface area contributed by atoms with E-state index in [1.807, 2.05) is 36.4 Å². The number of aryl methyl sites for hydroxylation is 2. The molecule has 4 nitrogen and oxygen atoms in total. The van der Waals surface area contributed by atoms with Crippen molar-refractivity contribution < 1.29 is 14.6 Å². The van der Waals surface area contributed by atoms with E-state index in [-0.39, 0.29) is 23.8 Å². The highest BCUT2D eigenvalue weighted by Crippen LogP contribution is 2.32. The van der Waals surface area contributed by atoms with Crippen LogP contribution in [-0.2, 0) is 6.42 Å². The minimum atomic E-state index is -0.530. The van der Waals surface area contributed by atoms with Crippen LogP contribution in [-0.4, -0.2) is 35.7 Å². The third-order valence-corrected chi connectivity index (χ3v) is 6.34. The van der Waals surface area contributed by atoms with Crippen molar-refractivity contribution in [3.8, 4) is 5.75 Å². The quantitative estimate of drug-likeness (QED) is 0.864.